The Morgan fingerprint density at radius 3 is 2.35 bits per heavy atom. The normalized spacial score (nSPS) is 15.9. The lowest BCUT2D eigenvalue weighted by Gasteiger charge is -2.34. The number of amides is 3. The lowest BCUT2D eigenvalue weighted by molar-refractivity contribution is -0.128. The molecule has 2 aromatic carbocycles. The highest BCUT2D eigenvalue weighted by Crippen LogP contribution is 2.24. The molecule has 1 aliphatic rings. The number of urea groups is 1. The number of sulfonamides is 1. The third kappa shape index (κ3) is 8.84. The second-order valence-corrected chi connectivity index (χ2v) is 15.2. The fourth-order valence-electron chi connectivity index (χ4n) is 5.63. The first kappa shape index (κ1) is 35.3. The van der Waals surface area contributed by atoms with E-state index in [4.69, 9.17) is 4.74 Å². The molecule has 0 unspecified atom stereocenters. The summed E-state index contributed by atoms with van der Waals surface area (Å²) in [6.07, 6.45) is 0.714. The molecule has 1 aromatic heterocycles. The van der Waals surface area contributed by atoms with Crippen LogP contribution < -0.4 is 10.1 Å². The predicted molar refractivity (Wildman–Crippen MR) is 178 cm³/mol. The predicted octanol–water partition coefficient (Wildman–Crippen LogP) is 3.85. The highest BCUT2D eigenvalue weighted by molar-refractivity contribution is 7.89. The Labute approximate surface area is 276 Å². The second kappa shape index (κ2) is 15.9. The van der Waals surface area contributed by atoms with Crippen LogP contribution >= 0.6 is 11.3 Å². The number of thiazole rings is 1. The number of hydrogen-bond donors (Lipinski definition) is 2. The van der Waals surface area contributed by atoms with E-state index in [-0.39, 0.29) is 42.3 Å². The molecule has 11 nitrogen and oxygen atoms in total. The zero-order valence-electron chi connectivity index (χ0n) is 27.1. The number of aromatic nitrogens is 1. The van der Waals surface area contributed by atoms with Gasteiger partial charge in [-0.05, 0) is 48.1 Å². The largest absolute Gasteiger partial charge is 0.497 e. The molecule has 0 bridgehead atoms. The summed E-state index contributed by atoms with van der Waals surface area (Å²) in [6.45, 7) is 8.75. The van der Waals surface area contributed by atoms with Crippen LogP contribution in [0.15, 0.2) is 71.1 Å². The van der Waals surface area contributed by atoms with E-state index in [0.29, 0.717) is 25.4 Å². The Morgan fingerprint density at radius 1 is 1.07 bits per heavy atom. The Kier molecular flexibility index (Phi) is 12.2. The summed E-state index contributed by atoms with van der Waals surface area (Å²) in [4.78, 5) is 35.1. The van der Waals surface area contributed by atoms with Crippen molar-refractivity contribution in [3.8, 4) is 5.75 Å². The fraction of sp³-hybridized carbons (Fsp3) is 0.485. The van der Waals surface area contributed by atoms with Gasteiger partial charge in [0.2, 0.25) is 15.9 Å². The number of methoxy groups -OCH3 is 1. The van der Waals surface area contributed by atoms with Crippen LogP contribution in [0.5, 0.6) is 5.75 Å². The number of aliphatic hydroxyl groups is 1. The molecule has 1 fully saturated rings. The molecule has 250 valence electrons. The van der Waals surface area contributed by atoms with Crippen LogP contribution in [-0.2, 0) is 27.8 Å². The van der Waals surface area contributed by atoms with Crippen molar-refractivity contribution in [2.45, 2.75) is 63.7 Å². The molecule has 0 spiro atoms. The van der Waals surface area contributed by atoms with Crippen LogP contribution in [0.3, 0.4) is 0 Å². The molecular formula is C33H45N5O6S2. The molecule has 4 rings (SSSR count). The number of nitrogens with one attached hydrogen (secondary N) is 1. The zero-order chi connectivity index (χ0) is 33.4. The van der Waals surface area contributed by atoms with E-state index in [1.165, 1.54) is 34.9 Å². The zero-order valence-corrected chi connectivity index (χ0v) is 28.7. The third-order valence-electron chi connectivity index (χ3n) is 7.92. The van der Waals surface area contributed by atoms with Crippen LogP contribution in [0, 0.1) is 11.8 Å². The minimum atomic E-state index is -3.99. The number of carbonyl (C=O) groups excluding carboxylic acids is 2. The van der Waals surface area contributed by atoms with Crippen molar-refractivity contribution in [1.82, 2.24) is 24.4 Å². The molecule has 3 aromatic rings. The number of carbonyl (C=O) groups is 2. The third-order valence-corrected chi connectivity index (χ3v) is 10.5. The van der Waals surface area contributed by atoms with E-state index >= 15 is 0 Å². The van der Waals surface area contributed by atoms with Crippen molar-refractivity contribution in [2.75, 3.05) is 33.3 Å². The Morgan fingerprint density at radius 2 is 1.76 bits per heavy atom. The molecule has 0 radical (unpaired) electrons. The minimum Gasteiger partial charge on any atom is -0.497 e. The van der Waals surface area contributed by atoms with Gasteiger partial charge < -0.3 is 25.0 Å². The number of ether oxygens (including phenoxy) is 1. The van der Waals surface area contributed by atoms with Crippen LogP contribution in [0.1, 0.15) is 38.3 Å². The standard InChI is InChI=1S/C33H45N5O6S2/c1-23(2)20-37(46(42,43)27-13-11-26(44-5)12-14-27)21-29(39)28(19-25-9-7-6-8-10-25)35-32(40)31(24(3)4)38-17-16-36(33(38)41)22-30-34-15-18-45-30/h6-15,18,23-24,28-29,31,39H,16-17,19-22H2,1-5H3,(H,35,40)/t28-,29-,31-/m0/s1. The molecule has 2 heterocycles. The van der Waals surface area contributed by atoms with Crippen molar-refractivity contribution in [3.05, 3.63) is 76.7 Å². The molecule has 3 amide bonds. The average Bonchev–Trinajstić information content (AvgIpc) is 3.67. The molecule has 1 aliphatic heterocycles. The highest BCUT2D eigenvalue weighted by atomic mass is 32.2. The SMILES string of the molecule is COc1ccc(S(=O)(=O)N(CC(C)C)C[C@H](O)[C@H](Cc2ccccc2)NC(=O)[C@H](C(C)C)N2CCN(Cc3nccs3)C2=O)cc1. The molecular weight excluding hydrogens is 627 g/mol. The summed E-state index contributed by atoms with van der Waals surface area (Å²) in [6, 6.07) is 13.7. The summed E-state index contributed by atoms with van der Waals surface area (Å²) in [7, 11) is -2.48. The van der Waals surface area contributed by atoms with E-state index in [2.05, 4.69) is 10.3 Å². The summed E-state index contributed by atoms with van der Waals surface area (Å²) < 4.78 is 34.0. The fourth-order valence-corrected chi connectivity index (χ4v) is 7.89. The lowest BCUT2D eigenvalue weighted by atomic mass is 9.97. The van der Waals surface area contributed by atoms with Gasteiger partial charge in [-0.1, -0.05) is 58.0 Å². The number of aliphatic hydroxyl groups excluding tert-OH is 1. The van der Waals surface area contributed by atoms with Gasteiger partial charge in [0.1, 0.15) is 16.8 Å². The lowest BCUT2D eigenvalue weighted by Crippen LogP contribution is -2.57. The maximum absolute atomic E-state index is 14.0. The first-order chi connectivity index (χ1) is 21.9. The molecule has 1 saturated heterocycles. The molecule has 0 saturated carbocycles. The topological polar surface area (TPSA) is 132 Å². The molecule has 13 heteroatoms. The molecule has 46 heavy (non-hydrogen) atoms. The van der Waals surface area contributed by atoms with Gasteiger partial charge in [0, 0.05) is 37.8 Å². The van der Waals surface area contributed by atoms with E-state index in [0.717, 1.165) is 10.6 Å². The second-order valence-electron chi connectivity index (χ2n) is 12.3. The van der Waals surface area contributed by atoms with E-state index in [1.807, 2.05) is 63.4 Å². The Hall–Kier alpha value is -3.52. The van der Waals surface area contributed by atoms with E-state index < -0.39 is 34.1 Å². The Balaban J connectivity index is 1.57. The first-order valence-corrected chi connectivity index (χ1v) is 17.8. The number of rotatable bonds is 16. The number of benzene rings is 2. The molecule has 3 atom stereocenters. The van der Waals surface area contributed by atoms with E-state index in [9.17, 15) is 23.1 Å². The van der Waals surface area contributed by atoms with Gasteiger partial charge in [0.05, 0.1) is 30.7 Å². The van der Waals surface area contributed by atoms with Gasteiger partial charge in [0.15, 0.2) is 0 Å². The average molecular weight is 672 g/mol. The monoisotopic (exact) mass is 671 g/mol. The maximum Gasteiger partial charge on any atom is 0.321 e. The maximum atomic E-state index is 14.0. The number of nitrogens with zero attached hydrogens (tertiary/aromatic N) is 4. The summed E-state index contributed by atoms with van der Waals surface area (Å²) in [5.41, 5.74) is 0.869. The minimum absolute atomic E-state index is 0.0267. The quantitative estimate of drug-likeness (QED) is 0.237. The van der Waals surface area contributed by atoms with E-state index in [1.54, 1.807) is 28.1 Å². The van der Waals surface area contributed by atoms with Crippen molar-refractivity contribution in [2.24, 2.45) is 11.8 Å². The van der Waals surface area contributed by atoms with Gasteiger partial charge >= 0.3 is 6.03 Å². The van der Waals surface area contributed by atoms with Crippen LogP contribution in [0.25, 0.3) is 0 Å². The van der Waals surface area contributed by atoms with Crippen LogP contribution in [-0.4, -0.2) is 96.0 Å². The molecule has 2 N–H and O–H groups in total. The van der Waals surface area contributed by atoms with Crippen molar-refractivity contribution < 1.29 is 27.9 Å². The smallest absolute Gasteiger partial charge is 0.321 e. The van der Waals surface area contributed by atoms with Gasteiger partial charge in [-0.3, -0.25) is 4.79 Å². The van der Waals surface area contributed by atoms with Crippen LogP contribution in [0.2, 0.25) is 0 Å². The van der Waals surface area contributed by atoms with Crippen molar-refractivity contribution >= 4 is 33.3 Å². The summed E-state index contributed by atoms with van der Waals surface area (Å²) in [5, 5.41) is 17.4. The van der Waals surface area contributed by atoms with Gasteiger partial charge in [0.25, 0.3) is 0 Å². The van der Waals surface area contributed by atoms with Gasteiger partial charge in [-0.2, -0.15) is 4.31 Å². The molecule has 0 aliphatic carbocycles. The van der Waals surface area contributed by atoms with Gasteiger partial charge in [-0.15, -0.1) is 11.3 Å². The van der Waals surface area contributed by atoms with Crippen molar-refractivity contribution in [1.29, 1.82) is 0 Å². The Bertz CT molecular complexity index is 1520. The number of hydrogen-bond acceptors (Lipinski definition) is 8. The van der Waals surface area contributed by atoms with Gasteiger partial charge in [-0.25, -0.2) is 18.2 Å². The van der Waals surface area contributed by atoms with Crippen LogP contribution in [0.4, 0.5) is 4.79 Å². The summed E-state index contributed by atoms with van der Waals surface area (Å²) >= 11 is 1.47. The summed E-state index contributed by atoms with van der Waals surface area (Å²) in [5.74, 6) is -0.109. The van der Waals surface area contributed by atoms with Crippen molar-refractivity contribution in [3.63, 3.8) is 0 Å². The highest BCUT2D eigenvalue weighted by Gasteiger charge is 2.40. The first-order valence-electron chi connectivity index (χ1n) is 15.5.